The van der Waals surface area contributed by atoms with Crippen LogP contribution in [0.25, 0.3) is 5.57 Å². The largest absolute Gasteiger partial charge is 0.377 e. The molecule has 68 valence electrons. The molecular weight excluding hydrogens is 164 g/mol. The molecule has 0 unspecified atom stereocenters. The molecule has 0 N–H and O–H groups in total. The van der Waals surface area contributed by atoms with E-state index in [1.807, 2.05) is 30.3 Å². The highest BCUT2D eigenvalue weighted by molar-refractivity contribution is 6.20. The minimum absolute atomic E-state index is 0.0753. The molecule has 13 heavy (non-hydrogen) atoms. The maximum atomic E-state index is 11.3. The van der Waals surface area contributed by atoms with E-state index in [0.29, 0.717) is 5.57 Å². The van der Waals surface area contributed by atoms with Crippen molar-refractivity contribution in [3.63, 3.8) is 0 Å². The lowest BCUT2D eigenvalue weighted by molar-refractivity contribution is -0.117. The van der Waals surface area contributed by atoms with Gasteiger partial charge in [0.1, 0.15) is 6.61 Å². The van der Waals surface area contributed by atoms with Gasteiger partial charge in [-0.25, -0.2) is 0 Å². The van der Waals surface area contributed by atoms with Gasteiger partial charge in [0.15, 0.2) is 5.78 Å². The standard InChI is InChI=1S/C11H12O2/c1-9(11(12)8-13-2)10-6-4-3-5-7-10/h3-7H,1,8H2,2H3. The van der Waals surface area contributed by atoms with E-state index in [9.17, 15) is 4.79 Å². The highest BCUT2D eigenvalue weighted by atomic mass is 16.5. The summed E-state index contributed by atoms with van der Waals surface area (Å²) in [5, 5.41) is 0. The van der Waals surface area contributed by atoms with Gasteiger partial charge < -0.3 is 4.74 Å². The first-order valence-electron chi connectivity index (χ1n) is 4.02. The third-order valence-corrected chi connectivity index (χ3v) is 1.73. The summed E-state index contributed by atoms with van der Waals surface area (Å²) in [7, 11) is 1.50. The number of ether oxygens (including phenoxy) is 1. The smallest absolute Gasteiger partial charge is 0.188 e. The van der Waals surface area contributed by atoms with Crippen LogP contribution >= 0.6 is 0 Å². The maximum absolute atomic E-state index is 11.3. The number of ketones is 1. The number of carbonyl (C=O) groups excluding carboxylic acids is 1. The highest BCUT2D eigenvalue weighted by Crippen LogP contribution is 2.12. The Morgan fingerprint density at radius 3 is 2.54 bits per heavy atom. The van der Waals surface area contributed by atoms with Gasteiger partial charge in [0.2, 0.25) is 0 Å². The molecule has 0 heterocycles. The Kier molecular flexibility index (Phi) is 3.41. The number of rotatable bonds is 4. The first-order chi connectivity index (χ1) is 6.25. The van der Waals surface area contributed by atoms with Crippen LogP contribution in [0, 0.1) is 0 Å². The van der Waals surface area contributed by atoms with Gasteiger partial charge in [-0.2, -0.15) is 0 Å². The fourth-order valence-electron chi connectivity index (χ4n) is 1.02. The zero-order valence-corrected chi connectivity index (χ0v) is 7.62. The van der Waals surface area contributed by atoms with Crippen LogP contribution in [-0.2, 0) is 9.53 Å². The second-order valence-corrected chi connectivity index (χ2v) is 2.70. The Balaban J connectivity index is 2.74. The second kappa shape index (κ2) is 4.58. The zero-order chi connectivity index (χ0) is 9.68. The van der Waals surface area contributed by atoms with E-state index in [4.69, 9.17) is 4.74 Å². The molecule has 0 saturated heterocycles. The van der Waals surface area contributed by atoms with Gasteiger partial charge in [-0.05, 0) is 5.56 Å². The summed E-state index contributed by atoms with van der Waals surface area (Å²) in [6.45, 7) is 3.80. The Morgan fingerprint density at radius 1 is 1.38 bits per heavy atom. The SMILES string of the molecule is C=C(C(=O)COC)c1ccccc1. The number of Topliss-reactive ketones (excluding diaryl/α,β-unsaturated/α-hetero) is 1. The van der Waals surface area contributed by atoms with Gasteiger partial charge >= 0.3 is 0 Å². The van der Waals surface area contributed by atoms with Crippen LogP contribution in [0.3, 0.4) is 0 Å². The van der Waals surface area contributed by atoms with Crippen LogP contribution < -0.4 is 0 Å². The van der Waals surface area contributed by atoms with Crippen molar-refractivity contribution in [3.8, 4) is 0 Å². The first kappa shape index (κ1) is 9.68. The van der Waals surface area contributed by atoms with E-state index in [2.05, 4.69) is 6.58 Å². The van der Waals surface area contributed by atoms with E-state index in [1.54, 1.807) is 0 Å². The molecule has 2 heteroatoms. The average molecular weight is 176 g/mol. The second-order valence-electron chi connectivity index (χ2n) is 2.70. The number of hydrogen-bond donors (Lipinski definition) is 0. The van der Waals surface area contributed by atoms with Crippen LogP contribution in [0.1, 0.15) is 5.56 Å². The summed E-state index contributed by atoms with van der Waals surface area (Å²) >= 11 is 0. The van der Waals surface area contributed by atoms with Crippen molar-refractivity contribution < 1.29 is 9.53 Å². The third kappa shape index (κ3) is 2.53. The summed E-state index contributed by atoms with van der Waals surface area (Å²) < 4.78 is 4.74. The van der Waals surface area contributed by atoms with Gasteiger partial charge in [-0.3, -0.25) is 4.79 Å². The quantitative estimate of drug-likeness (QED) is 0.655. The highest BCUT2D eigenvalue weighted by Gasteiger charge is 2.07. The Morgan fingerprint density at radius 2 is 2.00 bits per heavy atom. The Bertz CT molecular complexity index is 301. The van der Waals surface area contributed by atoms with Gasteiger partial charge in [-0.15, -0.1) is 0 Å². The van der Waals surface area contributed by atoms with Gasteiger partial charge in [-0.1, -0.05) is 36.9 Å². The topological polar surface area (TPSA) is 26.3 Å². The molecule has 0 spiro atoms. The normalized spacial score (nSPS) is 9.62. The van der Waals surface area contributed by atoms with E-state index in [1.165, 1.54) is 7.11 Å². The first-order valence-corrected chi connectivity index (χ1v) is 4.02. The van der Waals surface area contributed by atoms with E-state index in [-0.39, 0.29) is 12.4 Å². The minimum atomic E-state index is -0.0753. The van der Waals surface area contributed by atoms with Crippen molar-refractivity contribution >= 4 is 11.4 Å². The zero-order valence-electron chi connectivity index (χ0n) is 7.62. The molecule has 0 saturated carbocycles. The molecule has 0 aliphatic rings. The number of methoxy groups -OCH3 is 1. The van der Waals surface area contributed by atoms with Crippen molar-refractivity contribution in [3.05, 3.63) is 42.5 Å². The third-order valence-electron chi connectivity index (χ3n) is 1.73. The van der Waals surface area contributed by atoms with Gasteiger partial charge in [0.05, 0.1) is 0 Å². The monoisotopic (exact) mass is 176 g/mol. The molecule has 0 atom stereocenters. The van der Waals surface area contributed by atoms with Crippen molar-refractivity contribution in [2.75, 3.05) is 13.7 Å². The van der Waals surface area contributed by atoms with Crippen molar-refractivity contribution in [2.24, 2.45) is 0 Å². The number of carbonyl (C=O) groups is 1. The molecule has 1 rings (SSSR count). The molecule has 1 aromatic carbocycles. The molecule has 0 amide bonds. The summed E-state index contributed by atoms with van der Waals surface area (Å²) in [6.07, 6.45) is 0. The molecule has 1 aromatic rings. The fourth-order valence-corrected chi connectivity index (χ4v) is 1.02. The van der Waals surface area contributed by atoms with Crippen molar-refractivity contribution in [2.45, 2.75) is 0 Å². The molecule has 0 aromatic heterocycles. The minimum Gasteiger partial charge on any atom is -0.377 e. The van der Waals surface area contributed by atoms with E-state index in [0.717, 1.165) is 5.56 Å². The fraction of sp³-hybridized carbons (Fsp3) is 0.182. The molecule has 0 aliphatic carbocycles. The van der Waals surface area contributed by atoms with Crippen LogP contribution in [0.15, 0.2) is 36.9 Å². The molecule has 0 bridgehead atoms. The average Bonchev–Trinajstić information content (AvgIpc) is 2.18. The maximum Gasteiger partial charge on any atom is 0.188 e. The number of hydrogen-bond acceptors (Lipinski definition) is 2. The molecular formula is C11H12O2. The van der Waals surface area contributed by atoms with Crippen LogP contribution in [0.5, 0.6) is 0 Å². The Hall–Kier alpha value is -1.41. The van der Waals surface area contributed by atoms with Crippen LogP contribution in [-0.4, -0.2) is 19.5 Å². The summed E-state index contributed by atoms with van der Waals surface area (Å²) in [6, 6.07) is 9.37. The lowest BCUT2D eigenvalue weighted by Crippen LogP contribution is -2.07. The lowest BCUT2D eigenvalue weighted by Gasteiger charge is -2.03. The Labute approximate surface area is 77.8 Å². The number of benzene rings is 1. The van der Waals surface area contributed by atoms with Crippen molar-refractivity contribution in [1.82, 2.24) is 0 Å². The molecule has 0 aliphatic heterocycles. The molecule has 0 radical (unpaired) electrons. The van der Waals surface area contributed by atoms with Crippen molar-refractivity contribution in [1.29, 1.82) is 0 Å². The van der Waals surface area contributed by atoms with Crippen LogP contribution in [0.2, 0.25) is 0 Å². The van der Waals surface area contributed by atoms with Gasteiger partial charge in [0, 0.05) is 12.7 Å². The summed E-state index contributed by atoms with van der Waals surface area (Å²) in [4.78, 5) is 11.3. The predicted molar refractivity (Wildman–Crippen MR) is 52.4 cm³/mol. The van der Waals surface area contributed by atoms with E-state index < -0.39 is 0 Å². The van der Waals surface area contributed by atoms with E-state index >= 15 is 0 Å². The molecule has 2 nitrogen and oxygen atoms in total. The molecule has 0 fully saturated rings. The summed E-state index contributed by atoms with van der Waals surface area (Å²) in [5.74, 6) is -0.0753. The lowest BCUT2D eigenvalue weighted by atomic mass is 10.0. The summed E-state index contributed by atoms with van der Waals surface area (Å²) in [5.41, 5.74) is 1.35. The van der Waals surface area contributed by atoms with Gasteiger partial charge in [0.25, 0.3) is 0 Å². The van der Waals surface area contributed by atoms with Crippen LogP contribution in [0.4, 0.5) is 0 Å². The predicted octanol–water partition coefficient (Wildman–Crippen LogP) is 1.92.